The first-order chi connectivity index (χ1) is 19.3. The number of hydrogen-bond donors (Lipinski definition) is 5. The lowest BCUT2D eigenvalue weighted by molar-refractivity contribution is -0.163. The second kappa shape index (κ2) is 18.2. The minimum absolute atomic E-state index is 0.0186. The Morgan fingerprint density at radius 2 is 1.59 bits per heavy atom. The SMILES string of the molecule is COC(=O)[C@H](C(C)C)N(C(=O)CCCCCc1ccccc1)C(=O)[C@@H](N)C(CO)CNC(=O)[C@H](C)NC(=O)[C@H](C)N. The number of rotatable bonds is 17. The number of nitrogens with one attached hydrogen (secondary N) is 2. The molecule has 1 aromatic rings. The number of nitrogens with two attached hydrogens (primary N) is 2. The molecule has 0 saturated carbocycles. The molecule has 1 aromatic carbocycles. The summed E-state index contributed by atoms with van der Waals surface area (Å²) in [7, 11) is 1.17. The normalized spacial score (nSPS) is 14.8. The maximum atomic E-state index is 13.6. The highest BCUT2D eigenvalue weighted by atomic mass is 16.5. The van der Waals surface area contributed by atoms with Crippen LogP contribution in [0.25, 0.3) is 0 Å². The van der Waals surface area contributed by atoms with Gasteiger partial charge in [0, 0.05) is 25.5 Å². The van der Waals surface area contributed by atoms with Crippen LogP contribution in [0.5, 0.6) is 0 Å². The van der Waals surface area contributed by atoms with Gasteiger partial charge in [-0.3, -0.25) is 24.1 Å². The smallest absolute Gasteiger partial charge is 0.329 e. The molecule has 7 N–H and O–H groups in total. The summed E-state index contributed by atoms with van der Waals surface area (Å²) >= 11 is 0. The van der Waals surface area contributed by atoms with Crippen molar-refractivity contribution in [3.05, 3.63) is 35.9 Å². The van der Waals surface area contributed by atoms with Gasteiger partial charge in [-0.05, 0) is 44.6 Å². The van der Waals surface area contributed by atoms with Crippen LogP contribution < -0.4 is 22.1 Å². The molecule has 4 amide bonds. The molecule has 0 saturated heterocycles. The standard InChI is InChI=1S/C29H47N5O7/c1-18(2)25(29(40)41-5)34(23(36)15-11-7-10-14-21-12-8-6-9-13-21)28(39)24(31)22(17-35)16-32-27(38)20(4)33-26(37)19(3)30/h6,8-9,12-13,18-20,22,24-25,35H,7,10-11,14-17,30-31H2,1-5H3,(H,32,38)(H,33,37)/t19-,20-,22?,24-,25-/m0/s1. The van der Waals surface area contributed by atoms with Gasteiger partial charge < -0.3 is 31.9 Å². The van der Waals surface area contributed by atoms with E-state index < -0.39 is 72.2 Å². The van der Waals surface area contributed by atoms with Crippen molar-refractivity contribution in [2.45, 2.75) is 84.0 Å². The van der Waals surface area contributed by atoms with Gasteiger partial charge in [0.2, 0.25) is 23.6 Å². The summed E-state index contributed by atoms with van der Waals surface area (Å²) in [5.74, 6) is -4.72. The zero-order valence-corrected chi connectivity index (χ0v) is 24.8. The summed E-state index contributed by atoms with van der Waals surface area (Å²) in [6.45, 7) is 5.50. The molecule has 1 rings (SSSR count). The minimum atomic E-state index is -1.41. The summed E-state index contributed by atoms with van der Waals surface area (Å²) in [5.41, 5.74) is 12.9. The number of carbonyl (C=O) groups excluding carboxylic acids is 5. The summed E-state index contributed by atoms with van der Waals surface area (Å²) in [6.07, 6.45) is 2.97. The van der Waals surface area contributed by atoms with Crippen molar-refractivity contribution >= 4 is 29.6 Å². The molecule has 230 valence electrons. The van der Waals surface area contributed by atoms with Crippen molar-refractivity contribution in [3.63, 3.8) is 0 Å². The van der Waals surface area contributed by atoms with E-state index in [0.717, 1.165) is 24.2 Å². The second-order valence-corrected chi connectivity index (χ2v) is 10.6. The summed E-state index contributed by atoms with van der Waals surface area (Å²) in [4.78, 5) is 64.7. The lowest BCUT2D eigenvalue weighted by Gasteiger charge is -2.34. The third-order valence-corrected chi connectivity index (χ3v) is 6.79. The number of hydrogen-bond acceptors (Lipinski definition) is 9. The number of esters is 1. The molecule has 0 spiro atoms. The van der Waals surface area contributed by atoms with E-state index in [2.05, 4.69) is 10.6 Å². The van der Waals surface area contributed by atoms with Crippen molar-refractivity contribution in [3.8, 4) is 0 Å². The van der Waals surface area contributed by atoms with Crippen LogP contribution in [0.3, 0.4) is 0 Å². The van der Waals surface area contributed by atoms with Gasteiger partial charge in [0.1, 0.15) is 12.1 Å². The maximum absolute atomic E-state index is 13.6. The van der Waals surface area contributed by atoms with Gasteiger partial charge in [0.15, 0.2) is 0 Å². The van der Waals surface area contributed by atoms with Crippen LogP contribution in [0.15, 0.2) is 30.3 Å². The number of benzene rings is 1. The molecule has 0 aliphatic carbocycles. The zero-order chi connectivity index (χ0) is 31.1. The van der Waals surface area contributed by atoms with Gasteiger partial charge in [-0.25, -0.2) is 4.79 Å². The number of methoxy groups -OCH3 is 1. The van der Waals surface area contributed by atoms with Gasteiger partial charge in [0.05, 0.1) is 19.2 Å². The average Bonchev–Trinajstić information content (AvgIpc) is 2.94. The van der Waals surface area contributed by atoms with E-state index in [9.17, 15) is 29.1 Å². The van der Waals surface area contributed by atoms with Crippen LogP contribution in [-0.2, 0) is 35.1 Å². The van der Waals surface area contributed by atoms with Crippen LogP contribution in [0.1, 0.15) is 58.9 Å². The van der Waals surface area contributed by atoms with Crippen molar-refractivity contribution in [1.29, 1.82) is 0 Å². The van der Waals surface area contributed by atoms with E-state index in [1.807, 2.05) is 30.3 Å². The fraction of sp³-hybridized carbons (Fsp3) is 0.621. The monoisotopic (exact) mass is 577 g/mol. The number of ether oxygens (including phenoxy) is 1. The van der Waals surface area contributed by atoms with Crippen LogP contribution in [-0.4, -0.2) is 84.0 Å². The first kappa shape index (κ1) is 35.7. The first-order valence-corrected chi connectivity index (χ1v) is 14.0. The van der Waals surface area contributed by atoms with E-state index in [1.54, 1.807) is 13.8 Å². The van der Waals surface area contributed by atoms with Gasteiger partial charge in [-0.15, -0.1) is 0 Å². The lowest BCUT2D eigenvalue weighted by atomic mass is 9.95. The number of aliphatic hydroxyl groups excluding tert-OH is 1. The Balaban J connectivity index is 2.95. The van der Waals surface area contributed by atoms with Gasteiger partial charge in [-0.2, -0.15) is 0 Å². The van der Waals surface area contributed by atoms with Gasteiger partial charge >= 0.3 is 5.97 Å². The van der Waals surface area contributed by atoms with E-state index in [4.69, 9.17) is 16.2 Å². The molecule has 12 nitrogen and oxygen atoms in total. The molecule has 0 fully saturated rings. The fourth-order valence-corrected chi connectivity index (χ4v) is 4.22. The van der Waals surface area contributed by atoms with Crippen molar-refractivity contribution in [1.82, 2.24) is 15.5 Å². The lowest BCUT2D eigenvalue weighted by Crippen LogP contribution is -2.59. The molecule has 0 aromatic heterocycles. The Morgan fingerprint density at radius 1 is 0.951 bits per heavy atom. The van der Waals surface area contributed by atoms with E-state index >= 15 is 0 Å². The van der Waals surface area contributed by atoms with Crippen LogP contribution in [0.2, 0.25) is 0 Å². The number of carbonyl (C=O) groups is 5. The third kappa shape index (κ3) is 11.6. The molecule has 0 bridgehead atoms. The quantitative estimate of drug-likeness (QED) is 0.127. The Bertz CT molecular complexity index is 1000. The van der Waals surface area contributed by atoms with Gasteiger partial charge in [-0.1, -0.05) is 50.6 Å². The number of aliphatic hydroxyl groups is 1. The molecular weight excluding hydrogens is 530 g/mol. The first-order valence-electron chi connectivity index (χ1n) is 14.0. The second-order valence-electron chi connectivity index (χ2n) is 10.6. The molecule has 0 aliphatic rings. The molecule has 0 heterocycles. The minimum Gasteiger partial charge on any atom is -0.467 e. The van der Waals surface area contributed by atoms with Gasteiger partial charge in [0.25, 0.3) is 0 Å². The molecule has 1 unspecified atom stereocenters. The number of amides is 4. The molecule has 5 atom stereocenters. The topological polar surface area (TPSA) is 194 Å². The van der Waals surface area contributed by atoms with Crippen LogP contribution in [0, 0.1) is 11.8 Å². The van der Waals surface area contributed by atoms with E-state index in [1.165, 1.54) is 26.5 Å². The molecular formula is C29H47N5O7. The highest BCUT2D eigenvalue weighted by Crippen LogP contribution is 2.19. The largest absolute Gasteiger partial charge is 0.467 e. The molecule has 0 radical (unpaired) electrons. The van der Waals surface area contributed by atoms with E-state index in [0.29, 0.717) is 6.42 Å². The van der Waals surface area contributed by atoms with Crippen molar-refractivity contribution < 1.29 is 33.8 Å². The zero-order valence-electron chi connectivity index (χ0n) is 24.8. The summed E-state index contributed by atoms with van der Waals surface area (Å²) in [5, 5.41) is 15.0. The van der Waals surface area contributed by atoms with E-state index in [-0.39, 0.29) is 13.0 Å². The van der Waals surface area contributed by atoms with Crippen molar-refractivity contribution in [2.24, 2.45) is 23.3 Å². The summed E-state index contributed by atoms with van der Waals surface area (Å²) < 4.78 is 4.89. The fourth-order valence-electron chi connectivity index (χ4n) is 4.22. The Hall–Kier alpha value is -3.35. The Kier molecular flexibility index (Phi) is 15.8. The molecule has 0 aliphatic heterocycles. The third-order valence-electron chi connectivity index (χ3n) is 6.79. The maximum Gasteiger partial charge on any atom is 0.329 e. The number of unbranched alkanes of at least 4 members (excludes halogenated alkanes) is 2. The predicted octanol–water partition coefficient (Wildman–Crippen LogP) is 0.246. The Morgan fingerprint density at radius 3 is 2.12 bits per heavy atom. The highest BCUT2D eigenvalue weighted by molar-refractivity contribution is 6.01. The molecule has 12 heteroatoms. The summed E-state index contributed by atoms with van der Waals surface area (Å²) in [6, 6.07) is 5.60. The number of nitrogens with zero attached hydrogens (tertiary/aromatic N) is 1. The number of aryl methyl sites for hydroxylation is 1. The van der Waals surface area contributed by atoms with Crippen LogP contribution >= 0.6 is 0 Å². The van der Waals surface area contributed by atoms with Crippen molar-refractivity contribution in [2.75, 3.05) is 20.3 Å². The average molecular weight is 578 g/mol. The highest BCUT2D eigenvalue weighted by Gasteiger charge is 2.41. The van der Waals surface area contributed by atoms with Crippen LogP contribution in [0.4, 0.5) is 0 Å². The number of imide groups is 1. The molecule has 41 heavy (non-hydrogen) atoms. The predicted molar refractivity (Wildman–Crippen MR) is 154 cm³/mol. The Labute approximate surface area is 242 Å².